The van der Waals surface area contributed by atoms with Gasteiger partial charge in [0.05, 0.1) is 6.10 Å². The van der Waals surface area contributed by atoms with Gasteiger partial charge in [0.1, 0.15) is 11.6 Å². The van der Waals surface area contributed by atoms with Gasteiger partial charge in [-0.25, -0.2) is 9.97 Å². The van der Waals surface area contributed by atoms with Crippen LogP contribution in [0.5, 0.6) is 0 Å². The van der Waals surface area contributed by atoms with Crippen LogP contribution >= 0.6 is 24.0 Å². The van der Waals surface area contributed by atoms with E-state index in [9.17, 15) is 0 Å². The van der Waals surface area contributed by atoms with E-state index in [4.69, 9.17) is 4.74 Å². The first-order valence-corrected chi connectivity index (χ1v) is 10.2. The highest BCUT2D eigenvalue weighted by Gasteiger charge is 2.05. The summed E-state index contributed by atoms with van der Waals surface area (Å²) in [6.45, 7) is 6.17. The Morgan fingerprint density at radius 3 is 2.58 bits per heavy atom. The summed E-state index contributed by atoms with van der Waals surface area (Å²) in [5, 5.41) is 6.64. The smallest absolute Gasteiger partial charge is 0.191 e. The van der Waals surface area contributed by atoms with E-state index in [1.807, 2.05) is 48.1 Å². The summed E-state index contributed by atoms with van der Waals surface area (Å²) < 4.78 is 7.86. The Labute approximate surface area is 201 Å². The Balaban J connectivity index is 0.00000341. The molecule has 0 radical (unpaired) electrons. The number of benzene rings is 1. The molecule has 0 amide bonds. The number of aliphatic imine (C=N–C) groups is 1. The minimum absolute atomic E-state index is 0. The SMILES string of the molecule is CN=C(NCCCOC(C)c1ccccc1)NCc1ccc(-n2ccnc2C)nc1.I. The minimum Gasteiger partial charge on any atom is -0.374 e. The molecular weight excluding hydrogens is 503 g/mol. The molecule has 3 rings (SSSR count). The fraction of sp³-hybridized carbons (Fsp3) is 0.348. The van der Waals surface area contributed by atoms with E-state index >= 15 is 0 Å². The van der Waals surface area contributed by atoms with E-state index in [0.717, 1.165) is 36.1 Å². The summed E-state index contributed by atoms with van der Waals surface area (Å²) in [7, 11) is 1.77. The molecular formula is C23H31IN6O. The van der Waals surface area contributed by atoms with Crippen molar-refractivity contribution in [2.24, 2.45) is 4.99 Å². The molecule has 0 fully saturated rings. The Morgan fingerprint density at radius 1 is 1.13 bits per heavy atom. The predicted molar refractivity (Wildman–Crippen MR) is 135 cm³/mol. The molecule has 1 atom stereocenters. The second-order valence-electron chi connectivity index (χ2n) is 7.00. The standard InChI is InChI=1S/C23H30N6O.HI/c1-18(21-8-5-4-6-9-21)30-15-7-12-26-23(24-3)28-17-20-10-11-22(27-16-20)29-14-13-25-19(29)2;/h4-6,8-11,13-14,16,18H,7,12,15,17H2,1-3H3,(H2,24,26,28);1H. The number of nitrogens with zero attached hydrogens (tertiary/aromatic N) is 4. The lowest BCUT2D eigenvalue weighted by Gasteiger charge is -2.15. The van der Waals surface area contributed by atoms with E-state index in [-0.39, 0.29) is 30.1 Å². The van der Waals surface area contributed by atoms with Gasteiger partial charge in [-0.05, 0) is 37.5 Å². The van der Waals surface area contributed by atoms with E-state index in [0.29, 0.717) is 13.2 Å². The molecule has 0 aliphatic heterocycles. The molecule has 2 N–H and O–H groups in total. The average molecular weight is 534 g/mol. The molecule has 8 heteroatoms. The largest absolute Gasteiger partial charge is 0.374 e. The summed E-state index contributed by atoms with van der Waals surface area (Å²) >= 11 is 0. The van der Waals surface area contributed by atoms with Crippen LogP contribution in [0.3, 0.4) is 0 Å². The van der Waals surface area contributed by atoms with E-state index < -0.39 is 0 Å². The monoisotopic (exact) mass is 534 g/mol. The third kappa shape index (κ3) is 7.62. The highest BCUT2D eigenvalue weighted by molar-refractivity contribution is 14.0. The number of pyridine rings is 1. The summed E-state index contributed by atoms with van der Waals surface area (Å²) in [5.41, 5.74) is 2.28. The number of rotatable bonds is 9. The lowest BCUT2D eigenvalue weighted by Crippen LogP contribution is -2.37. The Kier molecular flexibility index (Phi) is 10.5. The highest BCUT2D eigenvalue weighted by Crippen LogP contribution is 2.15. The number of ether oxygens (including phenoxy) is 1. The lowest BCUT2D eigenvalue weighted by molar-refractivity contribution is 0.0646. The summed E-state index contributed by atoms with van der Waals surface area (Å²) in [4.78, 5) is 13.0. The number of hydrogen-bond donors (Lipinski definition) is 2. The van der Waals surface area contributed by atoms with Crippen LogP contribution in [-0.2, 0) is 11.3 Å². The zero-order chi connectivity index (χ0) is 21.2. The van der Waals surface area contributed by atoms with E-state index in [1.54, 1.807) is 13.2 Å². The van der Waals surface area contributed by atoms with Crippen molar-refractivity contribution in [1.82, 2.24) is 25.2 Å². The molecule has 0 aliphatic rings. The van der Waals surface area contributed by atoms with Gasteiger partial charge in [-0.3, -0.25) is 9.56 Å². The first-order chi connectivity index (χ1) is 14.7. The van der Waals surface area contributed by atoms with Crippen LogP contribution in [0.2, 0.25) is 0 Å². The quantitative estimate of drug-likeness (QED) is 0.188. The molecule has 0 aliphatic carbocycles. The Bertz CT molecular complexity index is 927. The van der Waals surface area contributed by atoms with Crippen molar-refractivity contribution in [2.75, 3.05) is 20.2 Å². The molecule has 2 heterocycles. The molecule has 3 aromatic rings. The molecule has 1 unspecified atom stereocenters. The summed E-state index contributed by atoms with van der Waals surface area (Å²) in [5.74, 6) is 2.54. The fourth-order valence-electron chi connectivity index (χ4n) is 3.05. The maximum Gasteiger partial charge on any atom is 0.191 e. The van der Waals surface area contributed by atoms with Crippen molar-refractivity contribution in [1.29, 1.82) is 0 Å². The van der Waals surface area contributed by atoms with Gasteiger partial charge in [-0.2, -0.15) is 0 Å². The number of halogens is 1. The third-order valence-electron chi connectivity index (χ3n) is 4.82. The zero-order valence-electron chi connectivity index (χ0n) is 18.3. The second-order valence-corrected chi connectivity index (χ2v) is 7.00. The van der Waals surface area contributed by atoms with Gasteiger partial charge in [0.2, 0.25) is 0 Å². The Hall–Kier alpha value is -2.46. The van der Waals surface area contributed by atoms with Gasteiger partial charge in [0.15, 0.2) is 5.96 Å². The van der Waals surface area contributed by atoms with Crippen LogP contribution in [-0.4, -0.2) is 40.7 Å². The van der Waals surface area contributed by atoms with Crippen molar-refractivity contribution in [2.45, 2.75) is 32.9 Å². The van der Waals surface area contributed by atoms with Crippen molar-refractivity contribution in [3.05, 3.63) is 78.0 Å². The number of aryl methyl sites for hydroxylation is 1. The molecule has 0 spiro atoms. The van der Waals surface area contributed by atoms with Crippen LogP contribution in [0.1, 0.15) is 36.4 Å². The van der Waals surface area contributed by atoms with Crippen molar-refractivity contribution < 1.29 is 4.74 Å². The maximum absolute atomic E-state index is 5.91. The molecule has 1 aromatic carbocycles. The fourth-order valence-corrected chi connectivity index (χ4v) is 3.05. The van der Waals surface area contributed by atoms with Crippen molar-refractivity contribution in [3.8, 4) is 5.82 Å². The van der Waals surface area contributed by atoms with Gasteiger partial charge in [-0.15, -0.1) is 24.0 Å². The van der Waals surface area contributed by atoms with Crippen molar-refractivity contribution >= 4 is 29.9 Å². The number of hydrogen-bond acceptors (Lipinski definition) is 4. The highest BCUT2D eigenvalue weighted by atomic mass is 127. The molecule has 0 bridgehead atoms. The number of aromatic nitrogens is 3. The second kappa shape index (κ2) is 13.1. The van der Waals surface area contributed by atoms with Crippen molar-refractivity contribution in [3.63, 3.8) is 0 Å². The topological polar surface area (TPSA) is 76.4 Å². The van der Waals surface area contributed by atoms with Crippen LogP contribution in [0.4, 0.5) is 0 Å². The normalized spacial score (nSPS) is 12.2. The van der Waals surface area contributed by atoms with Crippen LogP contribution in [0, 0.1) is 6.92 Å². The summed E-state index contributed by atoms with van der Waals surface area (Å²) in [6.07, 6.45) is 6.55. The number of guanidine groups is 1. The molecule has 0 saturated carbocycles. The third-order valence-corrected chi connectivity index (χ3v) is 4.82. The van der Waals surface area contributed by atoms with Gasteiger partial charge < -0.3 is 15.4 Å². The Morgan fingerprint density at radius 2 is 1.94 bits per heavy atom. The molecule has 0 saturated heterocycles. The zero-order valence-corrected chi connectivity index (χ0v) is 20.6. The molecule has 7 nitrogen and oxygen atoms in total. The first kappa shape index (κ1) is 24.8. The van der Waals surface area contributed by atoms with Gasteiger partial charge in [0.25, 0.3) is 0 Å². The maximum atomic E-state index is 5.91. The van der Waals surface area contributed by atoms with E-state index in [1.165, 1.54) is 5.56 Å². The molecule has 166 valence electrons. The molecule has 2 aromatic heterocycles. The number of imidazole rings is 1. The van der Waals surface area contributed by atoms with Crippen LogP contribution < -0.4 is 10.6 Å². The van der Waals surface area contributed by atoms with Crippen LogP contribution in [0.25, 0.3) is 5.82 Å². The van der Waals surface area contributed by atoms with Gasteiger partial charge in [0, 0.05) is 45.3 Å². The molecule has 31 heavy (non-hydrogen) atoms. The summed E-state index contributed by atoms with van der Waals surface area (Å²) in [6, 6.07) is 14.3. The first-order valence-electron chi connectivity index (χ1n) is 10.2. The van der Waals surface area contributed by atoms with E-state index in [2.05, 4.69) is 50.7 Å². The predicted octanol–water partition coefficient (Wildman–Crippen LogP) is 4.03. The lowest BCUT2D eigenvalue weighted by atomic mass is 10.1. The van der Waals surface area contributed by atoms with Gasteiger partial charge >= 0.3 is 0 Å². The average Bonchev–Trinajstić information content (AvgIpc) is 3.22. The van der Waals surface area contributed by atoms with Crippen LogP contribution in [0.15, 0.2) is 66.0 Å². The van der Waals surface area contributed by atoms with Gasteiger partial charge in [-0.1, -0.05) is 36.4 Å². The number of nitrogens with one attached hydrogen (secondary N) is 2. The minimum atomic E-state index is 0.